The molecule has 1 aliphatic rings. The van der Waals surface area contributed by atoms with Crippen molar-refractivity contribution in [3.63, 3.8) is 0 Å². The van der Waals surface area contributed by atoms with Gasteiger partial charge < -0.3 is 15.7 Å². The van der Waals surface area contributed by atoms with Gasteiger partial charge in [-0.2, -0.15) is 0 Å². The van der Waals surface area contributed by atoms with Gasteiger partial charge in [-0.15, -0.1) is 0 Å². The molecular weight excluding hydrogens is 385 g/mol. The number of aliphatic hydroxyl groups is 1. The van der Waals surface area contributed by atoms with Crippen LogP contribution in [0, 0.1) is 12.3 Å². The Morgan fingerprint density at radius 3 is 2.56 bits per heavy atom. The van der Waals surface area contributed by atoms with E-state index in [0.29, 0.717) is 22.0 Å². The smallest absolute Gasteiger partial charge is 0.153 e. The predicted octanol–water partition coefficient (Wildman–Crippen LogP) is 3.60. The van der Waals surface area contributed by atoms with Crippen LogP contribution in [-0.2, 0) is 6.61 Å². The van der Waals surface area contributed by atoms with Crippen molar-refractivity contribution in [2.45, 2.75) is 46.3 Å². The average Bonchev–Trinajstić information content (AvgIpc) is 2.64. The van der Waals surface area contributed by atoms with Crippen LogP contribution in [0.15, 0.2) is 12.3 Å². The van der Waals surface area contributed by atoms with Gasteiger partial charge >= 0.3 is 0 Å². The minimum Gasteiger partial charge on any atom is -0.390 e. The molecule has 0 saturated carbocycles. The third-order valence-electron chi connectivity index (χ3n) is 5.68. The molecule has 0 aliphatic carbocycles. The zero-order chi connectivity index (χ0) is 19.8. The molecule has 2 aromatic rings. The lowest BCUT2D eigenvalue weighted by Gasteiger charge is -2.42. The SMILES string of the molecule is Cc1nc(N2CCC(C)(C(C)N)CC2)c(CO)nc1-c1ccnc(Cl)c1Cl. The highest BCUT2D eigenvalue weighted by molar-refractivity contribution is 6.42. The molecule has 146 valence electrons. The molecule has 8 heteroatoms. The van der Waals surface area contributed by atoms with Gasteiger partial charge in [0.15, 0.2) is 5.82 Å². The Morgan fingerprint density at radius 2 is 1.96 bits per heavy atom. The van der Waals surface area contributed by atoms with Gasteiger partial charge in [-0.3, -0.25) is 0 Å². The molecule has 27 heavy (non-hydrogen) atoms. The number of pyridine rings is 1. The lowest BCUT2D eigenvalue weighted by molar-refractivity contribution is 0.204. The van der Waals surface area contributed by atoms with E-state index in [1.54, 1.807) is 12.3 Å². The quantitative estimate of drug-likeness (QED) is 0.749. The zero-order valence-electron chi connectivity index (χ0n) is 15.8. The highest BCUT2D eigenvalue weighted by atomic mass is 35.5. The van der Waals surface area contributed by atoms with Crippen molar-refractivity contribution in [2.24, 2.45) is 11.1 Å². The van der Waals surface area contributed by atoms with E-state index in [-0.39, 0.29) is 23.2 Å². The van der Waals surface area contributed by atoms with E-state index in [9.17, 15) is 5.11 Å². The third-order valence-corrected chi connectivity index (χ3v) is 6.44. The summed E-state index contributed by atoms with van der Waals surface area (Å²) in [5, 5.41) is 10.5. The van der Waals surface area contributed by atoms with Crippen LogP contribution in [0.1, 0.15) is 38.1 Å². The molecule has 0 amide bonds. The third kappa shape index (κ3) is 3.90. The molecule has 1 fully saturated rings. The minimum atomic E-state index is -0.201. The average molecular weight is 410 g/mol. The van der Waals surface area contributed by atoms with Crippen molar-refractivity contribution in [2.75, 3.05) is 18.0 Å². The van der Waals surface area contributed by atoms with Gasteiger partial charge in [-0.1, -0.05) is 30.1 Å². The van der Waals surface area contributed by atoms with Crippen molar-refractivity contribution < 1.29 is 5.11 Å². The Hall–Kier alpha value is -1.47. The first-order valence-corrected chi connectivity index (χ1v) is 9.81. The summed E-state index contributed by atoms with van der Waals surface area (Å²) in [4.78, 5) is 15.6. The maximum Gasteiger partial charge on any atom is 0.153 e. The number of anilines is 1. The Labute approximate surface area is 169 Å². The molecule has 0 bridgehead atoms. The summed E-state index contributed by atoms with van der Waals surface area (Å²) in [6.07, 6.45) is 3.53. The zero-order valence-corrected chi connectivity index (χ0v) is 17.3. The van der Waals surface area contributed by atoms with Crippen molar-refractivity contribution >= 4 is 29.0 Å². The topological polar surface area (TPSA) is 88.2 Å². The largest absolute Gasteiger partial charge is 0.390 e. The van der Waals surface area contributed by atoms with Crippen LogP contribution in [0.25, 0.3) is 11.3 Å². The normalized spacial score (nSPS) is 17.8. The number of rotatable bonds is 4. The van der Waals surface area contributed by atoms with E-state index >= 15 is 0 Å². The van der Waals surface area contributed by atoms with Crippen LogP contribution in [0.5, 0.6) is 0 Å². The number of aliphatic hydroxyl groups excluding tert-OH is 1. The Balaban J connectivity index is 1.95. The Morgan fingerprint density at radius 1 is 1.30 bits per heavy atom. The lowest BCUT2D eigenvalue weighted by atomic mass is 9.75. The Bertz CT molecular complexity index is 835. The molecule has 2 aromatic heterocycles. The van der Waals surface area contributed by atoms with Gasteiger partial charge in [0, 0.05) is 30.9 Å². The number of piperidine rings is 1. The van der Waals surface area contributed by atoms with Crippen molar-refractivity contribution in [3.05, 3.63) is 33.8 Å². The predicted molar refractivity (Wildman–Crippen MR) is 109 cm³/mol. The number of aryl methyl sites for hydroxylation is 1. The van der Waals surface area contributed by atoms with Crippen LogP contribution in [0.4, 0.5) is 5.82 Å². The van der Waals surface area contributed by atoms with Gasteiger partial charge in [0.05, 0.1) is 23.0 Å². The molecule has 3 N–H and O–H groups in total. The monoisotopic (exact) mass is 409 g/mol. The summed E-state index contributed by atoms with van der Waals surface area (Å²) in [6, 6.07) is 1.90. The van der Waals surface area contributed by atoms with Crippen LogP contribution in [-0.4, -0.2) is 39.2 Å². The van der Waals surface area contributed by atoms with E-state index in [2.05, 4.69) is 28.7 Å². The number of halogens is 2. The summed E-state index contributed by atoms with van der Waals surface area (Å²) < 4.78 is 0. The number of aromatic nitrogens is 3. The summed E-state index contributed by atoms with van der Waals surface area (Å²) in [5.74, 6) is 0.724. The second kappa shape index (κ2) is 7.87. The summed E-state index contributed by atoms with van der Waals surface area (Å²) in [6.45, 7) is 7.65. The molecule has 1 atom stereocenters. The number of hydrogen-bond acceptors (Lipinski definition) is 6. The second-order valence-corrected chi connectivity index (χ2v) is 8.22. The maximum absolute atomic E-state index is 9.91. The van der Waals surface area contributed by atoms with Crippen molar-refractivity contribution in [1.29, 1.82) is 0 Å². The van der Waals surface area contributed by atoms with Crippen LogP contribution < -0.4 is 10.6 Å². The number of nitrogens with two attached hydrogens (primary N) is 1. The fourth-order valence-corrected chi connectivity index (χ4v) is 3.80. The van der Waals surface area contributed by atoms with Crippen molar-refractivity contribution in [1.82, 2.24) is 15.0 Å². The van der Waals surface area contributed by atoms with E-state index in [1.165, 1.54) is 0 Å². The van der Waals surface area contributed by atoms with Crippen LogP contribution in [0.2, 0.25) is 10.2 Å². The first-order valence-electron chi connectivity index (χ1n) is 9.06. The Kier molecular flexibility index (Phi) is 5.91. The van der Waals surface area contributed by atoms with Gasteiger partial charge in [-0.25, -0.2) is 15.0 Å². The van der Waals surface area contributed by atoms with Crippen LogP contribution in [0.3, 0.4) is 0 Å². The minimum absolute atomic E-state index is 0.125. The first kappa shape index (κ1) is 20.3. The second-order valence-electron chi connectivity index (χ2n) is 7.48. The van der Waals surface area contributed by atoms with Crippen LogP contribution >= 0.6 is 23.2 Å². The van der Waals surface area contributed by atoms with Gasteiger partial charge in [-0.05, 0) is 38.2 Å². The molecule has 1 saturated heterocycles. The van der Waals surface area contributed by atoms with Crippen molar-refractivity contribution in [3.8, 4) is 11.3 Å². The van der Waals surface area contributed by atoms with Gasteiger partial charge in [0.25, 0.3) is 0 Å². The number of hydrogen-bond donors (Lipinski definition) is 2. The highest BCUT2D eigenvalue weighted by Crippen LogP contribution is 2.37. The highest BCUT2D eigenvalue weighted by Gasteiger charge is 2.34. The van der Waals surface area contributed by atoms with Gasteiger partial charge in [0.1, 0.15) is 10.8 Å². The summed E-state index contributed by atoms with van der Waals surface area (Å²) >= 11 is 12.3. The molecule has 0 spiro atoms. The molecular formula is C19H25Cl2N5O. The van der Waals surface area contributed by atoms with Gasteiger partial charge in [0.2, 0.25) is 0 Å². The molecule has 3 heterocycles. The summed E-state index contributed by atoms with van der Waals surface area (Å²) in [5.41, 5.74) is 8.81. The van der Waals surface area contributed by atoms with E-state index in [1.807, 2.05) is 6.92 Å². The van der Waals surface area contributed by atoms with E-state index in [4.69, 9.17) is 33.9 Å². The standard InChI is InChI=1S/C19H25Cl2N5O/c1-11-16(13-4-7-23-17(21)15(13)20)25-14(10-27)18(24-11)26-8-5-19(3,6-9-26)12(2)22/h4,7,12,27H,5-6,8-10,22H2,1-3H3. The fourth-order valence-electron chi connectivity index (χ4n) is 3.44. The first-order chi connectivity index (χ1) is 12.8. The molecule has 6 nitrogen and oxygen atoms in total. The maximum atomic E-state index is 9.91. The molecule has 1 unspecified atom stereocenters. The molecule has 1 aliphatic heterocycles. The lowest BCUT2D eigenvalue weighted by Crippen LogP contribution is -2.47. The summed E-state index contributed by atoms with van der Waals surface area (Å²) in [7, 11) is 0. The molecule has 0 aromatic carbocycles. The van der Waals surface area contributed by atoms with E-state index < -0.39 is 0 Å². The molecule has 0 radical (unpaired) electrons. The fraction of sp³-hybridized carbons (Fsp3) is 0.526. The number of nitrogens with zero attached hydrogens (tertiary/aromatic N) is 4. The van der Waals surface area contributed by atoms with E-state index in [0.717, 1.165) is 37.4 Å². The molecule has 3 rings (SSSR count).